The molecule has 1 aliphatic heterocycles. The molecule has 0 spiro atoms. The van der Waals surface area contributed by atoms with Gasteiger partial charge in [0, 0.05) is 18.2 Å². The molecule has 1 aromatic carbocycles. The van der Waals surface area contributed by atoms with Gasteiger partial charge in [0.15, 0.2) is 0 Å². The summed E-state index contributed by atoms with van der Waals surface area (Å²) in [5.41, 5.74) is 0.0847. The van der Waals surface area contributed by atoms with Crippen molar-refractivity contribution in [2.75, 3.05) is 13.2 Å². The van der Waals surface area contributed by atoms with E-state index in [2.05, 4.69) is 0 Å². The Morgan fingerprint density at radius 3 is 2.85 bits per heavy atom. The molecular weight excluding hydrogens is 284 g/mol. The summed E-state index contributed by atoms with van der Waals surface area (Å²) in [7, 11) is 0. The van der Waals surface area contributed by atoms with Crippen LogP contribution in [0.25, 0.3) is 0 Å². The summed E-state index contributed by atoms with van der Waals surface area (Å²) in [6, 6.07) is 3.75. The summed E-state index contributed by atoms with van der Waals surface area (Å²) in [4.78, 5) is 24.1. The zero-order valence-corrected chi connectivity index (χ0v) is 11.5. The third kappa shape index (κ3) is 2.91. The van der Waals surface area contributed by atoms with Gasteiger partial charge >= 0.3 is 0 Å². The number of hydrogen-bond acceptors (Lipinski definition) is 4. The van der Waals surface area contributed by atoms with Gasteiger partial charge in [-0.15, -0.1) is 0 Å². The summed E-state index contributed by atoms with van der Waals surface area (Å²) in [5.74, 6) is -0.249. The number of likely N-dealkylation sites (tertiary alicyclic amines) is 1. The molecule has 7 heteroatoms. The molecule has 1 aromatic rings. The van der Waals surface area contributed by atoms with Crippen LogP contribution in [0.5, 0.6) is 0 Å². The van der Waals surface area contributed by atoms with Crippen LogP contribution in [0.2, 0.25) is 5.02 Å². The van der Waals surface area contributed by atoms with Gasteiger partial charge in [-0.3, -0.25) is 14.9 Å². The number of rotatable bonds is 3. The van der Waals surface area contributed by atoms with Gasteiger partial charge in [0.1, 0.15) is 5.02 Å². The Hall–Kier alpha value is -1.66. The number of nitro benzene ring substituents is 1. The minimum Gasteiger partial charge on any atom is -0.394 e. The van der Waals surface area contributed by atoms with Crippen LogP contribution in [0.3, 0.4) is 0 Å². The summed E-state index contributed by atoms with van der Waals surface area (Å²) < 4.78 is 0. The maximum atomic E-state index is 12.4. The van der Waals surface area contributed by atoms with E-state index in [4.69, 9.17) is 11.6 Å². The van der Waals surface area contributed by atoms with Gasteiger partial charge in [-0.2, -0.15) is 0 Å². The Morgan fingerprint density at radius 1 is 1.50 bits per heavy atom. The zero-order chi connectivity index (χ0) is 14.7. The molecule has 108 valence electrons. The third-order valence-electron chi connectivity index (χ3n) is 3.49. The van der Waals surface area contributed by atoms with E-state index >= 15 is 0 Å². The minimum atomic E-state index is -0.589. The van der Waals surface area contributed by atoms with E-state index in [0.717, 1.165) is 19.3 Å². The molecule has 0 saturated carbocycles. The number of halogens is 1. The molecule has 2 rings (SSSR count). The first-order chi connectivity index (χ1) is 9.54. The summed E-state index contributed by atoms with van der Waals surface area (Å²) in [6.07, 6.45) is 2.64. The number of aliphatic hydroxyl groups is 1. The van der Waals surface area contributed by atoms with Gasteiger partial charge in [-0.25, -0.2) is 0 Å². The van der Waals surface area contributed by atoms with Crippen LogP contribution >= 0.6 is 11.6 Å². The van der Waals surface area contributed by atoms with Crippen molar-refractivity contribution < 1.29 is 14.8 Å². The van der Waals surface area contributed by atoms with Crippen molar-refractivity contribution in [1.29, 1.82) is 0 Å². The number of nitrogens with zero attached hydrogens (tertiary/aromatic N) is 2. The number of amides is 1. The highest BCUT2D eigenvalue weighted by Crippen LogP contribution is 2.27. The Morgan fingerprint density at radius 2 is 2.25 bits per heavy atom. The molecular formula is C13H15ClN2O4. The molecule has 1 fully saturated rings. The highest BCUT2D eigenvalue weighted by molar-refractivity contribution is 6.33. The lowest BCUT2D eigenvalue weighted by atomic mass is 10.0. The number of nitro groups is 1. The van der Waals surface area contributed by atoms with Crippen LogP contribution in [-0.2, 0) is 0 Å². The molecule has 1 heterocycles. The number of carbonyl (C=O) groups is 1. The zero-order valence-electron chi connectivity index (χ0n) is 10.8. The maximum Gasteiger partial charge on any atom is 0.287 e. The van der Waals surface area contributed by atoms with E-state index in [-0.39, 0.29) is 29.3 Å². The molecule has 0 aliphatic carbocycles. The van der Waals surface area contributed by atoms with E-state index in [9.17, 15) is 20.0 Å². The van der Waals surface area contributed by atoms with Gasteiger partial charge < -0.3 is 10.0 Å². The predicted molar refractivity (Wildman–Crippen MR) is 73.9 cm³/mol. The van der Waals surface area contributed by atoms with Crippen LogP contribution in [0, 0.1) is 10.1 Å². The fourth-order valence-electron chi connectivity index (χ4n) is 2.41. The molecule has 0 bridgehead atoms. The second-order valence-electron chi connectivity index (χ2n) is 4.75. The molecule has 0 aromatic heterocycles. The third-order valence-corrected chi connectivity index (χ3v) is 3.79. The molecule has 0 radical (unpaired) electrons. The van der Waals surface area contributed by atoms with Gasteiger partial charge in [0.25, 0.3) is 11.6 Å². The number of benzene rings is 1. The second kappa shape index (κ2) is 6.19. The van der Waals surface area contributed by atoms with Crippen LogP contribution in [0.4, 0.5) is 5.69 Å². The fourth-order valence-corrected chi connectivity index (χ4v) is 2.66. The van der Waals surface area contributed by atoms with Crippen molar-refractivity contribution in [2.24, 2.45) is 0 Å². The number of piperidine rings is 1. The Kier molecular flexibility index (Phi) is 4.57. The van der Waals surface area contributed by atoms with Gasteiger partial charge in [0.2, 0.25) is 0 Å². The minimum absolute atomic E-state index is 0.0570. The first-order valence-electron chi connectivity index (χ1n) is 6.40. The SMILES string of the molecule is O=C(c1ccc([N+](=O)[O-])c(Cl)c1)N1CCCCC1CO. The van der Waals surface area contributed by atoms with Crippen molar-refractivity contribution >= 4 is 23.2 Å². The van der Waals surface area contributed by atoms with E-state index in [0.29, 0.717) is 12.1 Å². The Balaban J connectivity index is 2.24. The molecule has 1 aliphatic rings. The van der Waals surface area contributed by atoms with Crippen LogP contribution in [-0.4, -0.2) is 40.0 Å². The van der Waals surface area contributed by atoms with Crippen LogP contribution < -0.4 is 0 Å². The summed E-state index contributed by atoms with van der Waals surface area (Å²) in [6.45, 7) is 0.505. The second-order valence-corrected chi connectivity index (χ2v) is 5.16. The summed E-state index contributed by atoms with van der Waals surface area (Å²) in [5, 5.41) is 20.0. The van der Waals surface area contributed by atoms with Gasteiger partial charge in [-0.05, 0) is 31.4 Å². The van der Waals surface area contributed by atoms with Crippen molar-refractivity contribution in [2.45, 2.75) is 25.3 Å². The largest absolute Gasteiger partial charge is 0.394 e. The van der Waals surface area contributed by atoms with Gasteiger partial charge in [0.05, 0.1) is 17.6 Å². The van der Waals surface area contributed by atoms with Crippen LogP contribution in [0.1, 0.15) is 29.6 Å². The lowest BCUT2D eigenvalue weighted by Crippen LogP contribution is -2.45. The Labute approximate surface area is 121 Å². The Bertz CT molecular complexity index is 535. The first-order valence-corrected chi connectivity index (χ1v) is 6.78. The smallest absolute Gasteiger partial charge is 0.287 e. The van der Waals surface area contributed by atoms with Crippen LogP contribution in [0.15, 0.2) is 18.2 Å². The predicted octanol–water partition coefficient (Wildman–Crippen LogP) is 2.24. The first kappa shape index (κ1) is 14.7. The molecule has 1 atom stereocenters. The molecule has 1 saturated heterocycles. The molecule has 1 amide bonds. The molecule has 1 N–H and O–H groups in total. The highest BCUT2D eigenvalue weighted by Gasteiger charge is 2.27. The van der Waals surface area contributed by atoms with E-state index in [1.165, 1.54) is 18.2 Å². The van der Waals surface area contributed by atoms with Crippen molar-refractivity contribution in [3.05, 3.63) is 38.9 Å². The summed E-state index contributed by atoms with van der Waals surface area (Å²) >= 11 is 5.82. The normalized spacial score (nSPS) is 18.9. The van der Waals surface area contributed by atoms with Crippen molar-refractivity contribution in [3.8, 4) is 0 Å². The number of hydrogen-bond donors (Lipinski definition) is 1. The van der Waals surface area contributed by atoms with Crippen molar-refractivity contribution in [1.82, 2.24) is 4.90 Å². The average molecular weight is 299 g/mol. The fraction of sp³-hybridized carbons (Fsp3) is 0.462. The average Bonchev–Trinajstić information content (AvgIpc) is 2.45. The quantitative estimate of drug-likeness (QED) is 0.685. The maximum absolute atomic E-state index is 12.4. The monoisotopic (exact) mass is 298 g/mol. The topological polar surface area (TPSA) is 83.7 Å². The number of aliphatic hydroxyl groups excluding tert-OH is 1. The molecule has 20 heavy (non-hydrogen) atoms. The lowest BCUT2D eigenvalue weighted by molar-refractivity contribution is -0.384. The van der Waals surface area contributed by atoms with Gasteiger partial charge in [-0.1, -0.05) is 11.6 Å². The van der Waals surface area contributed by atoms with E-state index in [1.807, 2.05) is 0 Å². The van der Waals surface area contributed by atoms with E-state index in [1.54, 1.807) is 4.90 Å². The molecule has 6 nitrogen and oxygen atoms in total. The van der Waals surface area contributed by atoms with Crippen molar-refractivity contribution in [3.63, 3.8) is 0 Å². The highest BCUT2D eigenvalue weighted by atomic mass is 35.5. The number of carbonyl (C=O) groups excluding carboxylic acids is 1. The lowest BCUT2D eigenvalue weighted by Gasteiger charge is -2.34. The van der Waals surface area contributed by atoms with E-state index < -0.39 is 4.92 Å². The standard InChI is InChI=1S/C13H15ClN2O4/c14-11-7-9(4-5-12(11)16(19)20)13(18)15-6-2-1-3-10(15)8-17/h4-5,7,10,17H,1-3,6,8H2. The molecule has 1 unspecified atom stereocenters.